The summed E-state index contributed by atoms with van der Waals surface area (Å²) in [5, 5.41) is 0.587. The van der Waals surface area contributed by atoms with Crippen molar-refractivity contribution < 1.29 is 4.39 Å². The highest BCUT2D eigenvalue weighted by Crippen LogP contribution is 2.23. The Kier molecular flexibility index (Phi) is 3.19. The molecule has 0 aliphatic carbocycles. The van der Waals surface area contributed by atoms with Gasteiger partial charge in [-0.1, -0.05) is 28.1 Å². The molecule has 0 saturated carbocycles. The van der Waals surface area contributed by atoms with Gasteiger partial charge < -0.3 is 4.98 Å². The summed E-state index contributed by atoms with van der Waals surface area (Å²) in [4.78, 5) is 13.8. The van der Waals surface area contributed by atoms with E-state index in [2.05, 4.69) is 20.9 Å². The first-order valence-electron chi connectivity index (χ1n) is 4.74. The van der Waals surface area contributed by atoms with Gasteiger partial charge in [-0.15, -0.1) is 0 Å². The molecule has 1 aromatic carbocycles. The van der Waals surface area contributed by atoms with Crippen LogP contribution in [0.1, 0.15) is 5.56 Å². The lowest BCUT2D eigenvalue weighted by atomic mass is 10.0. The van der Waals surface area contributed by atoms with Crippen LogP contribution in [-0.2, 0) is 5.33 Å². The Bertz CT molecular complexity index is 548. The molecular formula is C12H9BrFNO. The maximum absolute atomic E-state index is 12.8. The second-order valence-corrected chi connectivity index (χ2v) is 3.94. The highest BCUT2D eigenvalue weighted by molar-refractivity contribution is 9.08. The molecule has 82 valence electrons. The summed E-state index contributed by atoms with van der Waals surface area (Å²) in [6.45, 7) is 0. The van der Waals surface area contributed by atoms with Crippen molar-refractivity contribution in [2.45, 2.75) is 5.33 Å². The molecule has 16 heavy (non-hydrogen) atoms. The molecule has 0 aliphatic rings. The third-order valence-electron chi connectivity index (χ3n) is 2.31. The summed E-state index contributed by atoms with van der Waals surface area (Å²) in [7, 11) is 0. The number of rotatable bonds is 2. The van der Waals surface area contributed by atoms with Gasteiger partial charge in [0.05, 0.1) is 0 Å². The molecule has 0 aliphatic heterocycles. The molecule has 1 aromatic heterocycles. The van der Waals surface area contributed by atoms with Crippen LogP contribution < -0.4 is 5.56 Å². The van der Waals surface area contributed by atoms with Crippen molar-refractivity contribution in [1.82, 2.24) is 4.98 Å². The van der Waals surface area contributed by atoms with Crippen LogP contribution in [0.5, 0.6) is 0 Å². The van der Waals surface area contributed by atoms with Gasteiger partial charge in [-0.05, 0) is 23.3 Å². The summed E-state index contributed by atoms with van der Waals surface area (Å²) in [6.07, 6.45) is 1.65. The number of H-pyrrole nitrogens is 1. The van der Waals surface area contributed by atoms with Gasteiger partial charge in [-0.25, -0.2) is 4.39 Å². The minimum atomic E-state index is -0.270. The van der Waals surface area contributed by atoms with E-state index < -0.39 is 0 Å². The first kappa shape index (κ1) is 11.1. The van der Waals surface area contributed by atoms with Crippen LogP contribution in [0.3, 0.4) is 0 Å². The molecule has 1 N–H and O–H groups in total. The van der Waals surface area contributed by atoms with Gasteiger partial charge in [-0.3, -0.25) is 4.79 Å². The van der Waals surface area contributed by atoms with Crippen molar-refractivity contribution >= 4 is 15.9 Å². The van der Waals surface area contributed by atoms with Crippen molar-refractivity contribution in [2.24, 2.45) is 0 Å². The Morgan fingerprint density at radius 3 is 2.56 bits per heavy atom. The van der Waals surface area contributed by atoms with Gasteiger partial charge in [0.2, 0.25) is 5.56 Å². The predicted octanol–water partition coefficient (Wildman–Crippen LogP) is 3.08. The van der Waals surface area contributed by atoms with E-state index in [-0.39, 0.29) is 11.4 Å². The maximum atomic E-state index is 12.8. The molecule has 0 amide bonds. The van der Waals surface area contributed by atoms with Gasteiger partial charge in [0.25, 0.3) is 0 Å². The molecule has 0 radical (unpaired) electrons. The number of alkyl halides is 1. The molecule has 0 bridgehead atoms. The summed E-state index contributed by atoms with van der Waals surface area (Å²) in [5.74, 6) is -0.270. The molecule has 2 nitrogen and oxygen atoms in total. The fourth-order valence-corrected chi connectivity index (χ4v) is 1.99. The lowest BCUT2D eigenvalue weighted by Gasteiger charge is -2.06. The zero-order valence-electron chi connectivity index (χ0n) is 8.34. The number of aromatic nitrogens is 1. The molecule has 0 fully saturated rings. The van der Waals surface area contributed by atoms with Gasteiger partial charge in [-0.2, -0.15) is 0 Å². The molecule has 4 heteroatoms. The van der Waals surface area contributed by atoms with E-state index in [0.717, 1.165) is 16.7 Å². The van der Waals surface area contributed by atoms with Gasteiger partial charge in [0, 0.05) is 23.2 Å². The number of aromatic amines is 1. The quantitative estimate of drug-likeness (QED) is 0.844. The molecule has 0 atom stereocenters. The van der Waals surface area contributed by atoms with Gasteiger partial charge in [0.1, 0.15) is 5.82 Å². The summed E-state index contributed by atoms with van der Waals surface area (Å²) >= 11 is 3.33. The van der Waals surface area contributed by atoms with Crippen LogP contribution in [0.2, 0.25) is 0 Å². The summed E-state index contributed by atoms with van der Waals surface area (Å²) in [6, 6.07) is 7.72. The molecule has 0 spiro atoms. The lowest BCUT2D eigenvalue weighted by molar-refractivity contribution is 0.628. The topological polar surface area (TPSA) is 32.9 Å². The number of benzene rings is 1. The molecule has 2 rings (SSSR count). The van der Waals surface area contributed by atoms with Gasteiger partial charge in [0.15, 0.2) is 0 Å². The molecule has 2 aromatic rings. The van der Waals surface area contributed by atoms with Crippen molar-refractivity contribution in [1.29, 1.82) is 0 Å². The van der Waals surface area contributed by atoms with Crippen molar-refractivity contribution in [3.05, 3.63) is 58.3 Å². The first-order chi connectivity index (χ1) is 7.70. The Morgan fingerprint density at radius 1 is 1.25 bits per heavy atom. The van der Waals surface area contributed by atoms with Crippen molar-refractivity contribution in [3.63, 3.8) is 0 Å². The Morgan fingerprint density at radius 2 is 1.94 bits per heavy atom. The smallest absolute Gasteiger partial charge is 0.248 e. The van der Waals surface area contributed by atoms with Gasteiger partial charge >= 0.3 is 0 Å². The first-order valence-corrected chi connectivity index (χ1v) is 5.86. The third kappa shape index (κ3) is 2.22. The third-order valence-corrected chi connectivity index (χ3v) is 2.91. The number of halogens is 2. The average Bonchev–Trinajstić information content (AvgIpc) is 2.30. The van der Waals surface area contributed by atoms with E-state index in [1.807, 2.05) is 0 Å². The van der Waals surface area contributed by atoms with E-state index in [1.54, 1.807) is 18.3 Å². The van der Waals surface area contributed by atoms with Crippen LogP contribution in [-0.4, -0.2) is 4.98 Å². The standard InChI is InChI=1S/C12H9BrFNO/c13-6-9-5-12(16)15-7-11(9)8-1-3-10(14)4-2-8/h1-5,7H,6H2,(H,15,16). The molecule has 0 unspecified atom stereocenters. The minimum Gasteiger partial charge on any atom is -0.328 e. The largest absolute Gasteiger partial charge is 0.328 e. The van der Waals surface area contributed by atoms with Crippen LogP contribution in [0, 0.1) is 5.82 Å². The maximum Gasteiger partial charge on any atom is 0.248 e. The minimum absolute atomic E-state index is 0.139. The van der Waals surface area contributed by atoms with E-state index in [4.69, 9.17) is 0 Å². The fourth-order valence-electron chi connectivity index (χ4n) is 1.52. The van der Waals surface area contributed by atoms with Crippen LogP contribution in [0.4, 0.5) is 4.39 Å². The van der Waals surface area contributed by atoms with Crippen molar-refractivity contribution in [2.75, 3.05) is 0 Å². The number of hydrogen-bond acceptors (Lipinski definition) is 1. The fraction of sp³-hybridized carbons (Fsp3) is 0.0833. The van der Waals surface area contributed by atoms with E-state index >= 15 is 0 Å². The SMILES string of the molecule is O=c1cc(CBr)c(-c2ccc(F)cc2)c[nH]1. The highest BCUT2D eigenvalue weighted by atomic mass is 79.9. The van der Waals surface area contributed by atoms with Crippen LogP contribution >= 0.6 is 15.9 Å². The second-order valence-electron chi connectivity index (χ2n) is 3.38. The number of hydrogen-bond donors (Lipinski definition) is 1. The zero-order chi connectivity index (χ0) is 11.5. The Labute approximate surface area is 100 Å². The van der Waals surface area contributed by atoms with E-state index in [1.165, 1.54) is 18.2 Å². The summed E-state index contributed by atoms with van der Waals surface area (Å²) in [5.41, 5.74) is 2.53. The highest BCUT2D eigenvalue weighted by Gasteiger charge is 2.05. The Hall–Kier alpha value is -1.42. The zero-order valence-corrected chi connectivity index (χ0v) is 9.92. The molecular weight excluding hydrogens is 273 g/mol. The van der Waals surface area contributed by atoms with Crippen LogP contribution in [0.25, 0.3) is 11.1 Å². The van der Waals surface area contributed by atoms with E-state index in [0.29, 0.717) is 5.33 Å². The average molecular weight is 282 g/mol. The second kappa shape index (κ2) is 4.61. The van der Waals surface area contributed by atoms with Crippen LogP contribution in [0.15, 0.2) is 41.3 Å². The predicted molar refractivity (Wildman–Crippen MR) is 65.1 cm³/mol. The molecule has 1 heterocycles. The molecule has 0 saturated heterocycles. The number of nitrogens with one attached hydrogen (secondary N) is 1. The van der Waals surface area contributed by atoms with E-state index in [9.17, 15) is 9.18 Å². The summed E-state index contributed by atoms with van der Waals surface area (Å²) < 4.78 is 12.8. The van der Waals surface area contributed by atoms with Crippen molar-refractivity contribution in [3.8, 4) is 11.1 Å². The normalized spacial score (nSPS) is 10.4. The lowest BCUT2D eigenvalue weighted by Crippen LogP contribution is -2.05. The monoisotopic (exact) mass is 281 g/mol. The Balaban J connectivity index is 2.55. The number of pyridine rings is 1.